The zero-order valence-electron chi connectivity index (χ0n) is 13.0. The Morgan fingerprint density at radius 3 is 2.91 bits per heavy atom. The highest BCUT2D eigenvalue weighted by atomic mass is 16.5. The van der Waals surface area contributed by atoms with Crippen LogP contribution in [0.3, 0.4) is 0 Å². The van der Waals surface area contributed by atoms with Crippen LogP contribution >= 0.6 is 0 Å². The van der Waals surface area contributed by atoms with E-state index in [1.165, 1.54) is 0 Å². The van der Waals surface area contributed by atoms with Crippen molar-refractivity contribution in [3.8, 4) is 0 Å². The number of furan rings is 1. The molecule has 3 heterocycles. The molecule has 124 valence electrons. The van der Waals surface area contributed by atoms with Crippen LogP contribution in [0, 0.1) is 6.92 Å². The maximum Gasteiger partial charge on any atom is 0.319 e. The number of aryl methyl sites for hydroxylation is 1. The van der Waals surface area contributed by atoms with E-state index in [2.05, 4.69) is 25.7 Å². The molecule has 3 rings (SSSR count). The molecule has 2 amide bonds. The van der Waals surface area contributed by atoms with Gasteiger partial charge in [-0.1, -0.05) is 0 Å². The number of urea groups is 1. The van der Waals surface area contributed by atoms with Crippen LogP contribution in [0.25, 0.3) is 0 Å². The van der Waals surface area contributed by atoms with E-state index in [1.807, 2.05) is 19.1 Å². The van der Waals surface area contributed by atoms with Gasteiger partial charge in [0.1, 0.15) is 11.5 Å². The van der Waals surface area contributed by atoms with E-state index >= 15 is 0 Å². The Morgan fingerprint density at radius 1 is 1.43 bits per heavy atom. The number of amides is 2. The van der Waals surface area contributed by atoms with E-state index in [9.17, 15) is 4.79 Å². The molecule has 0 radical (unpaired) electrons. The molecule has 1 aliphatic heterocycles. The molecule has 0 spiro atoms. The Balaban J connectivity index is 1.62. The normalized spacial score (nSPS) is 16.9. The predicted molar refractivity (Wildman–Crippen MR) is 84.2 cm³/mol. The van der Waals surface area contributed by atoms with Gasteiger partial charge in [0.15, 0.2) is 0 Å². The third kappa shape index (κ3) is 4.11. The van der Waals surface area contributed by atoms with Crippen LogP contribution in [-0.4, -0.2) is 54.0 Å². The third-order valence-electron chi connectivity index (χ3n) is 3.79. The number of aromatic amines is 1. The molecule has 2 aromatic heterocycles. The number of carbonyl (C=O) groups excluding carboxylic acids is 1. The van der Waals surface area contributed by atoms with Crippen LogP contribution in [0.1, 0.15) is 17.6 Å². The van der Waals surface area contributed by atoms with Crippen molar-refractivity contribution < 1.29 is 13.9 Å². The summed E-state index contributed by atoms with van der Waals surface area (Å²) in [5.41, 5.74) is 0.624. The molecule has 8 nitrogen and oxygen atoms in total. The number of rotatable bonds is 5. The molecule has 23 heavy (non-hydrogen) atoms. The minimum absolute atomic E-state index is 0.0114. The molecule has 0 unspecified atom stereocenters. The summed E-state index contributed by atoms with van der Waals surface area (Å²) in [5, 5.41) is 12.1. The second kappa shape index (κ2) is 7.30. The molecule has 0 saturated carbocycles. The van der Waals surface area contributed by atoms with Crippen molar-refractivity contribution in [1.29, 1.82) is 0 Å². The Bertz CT molecular complexity index is 619. The van der Waals surface area contributed by atoms with Crippen molar-refractivity contribution in [2.45, 2.75) is 13.0 Å². The molecule has 1 saturated heterocycles. The summed E-state index contributed by atoms with van der Waals surface area (Å²) >= 11 is 0. The zero-order valence-corrected chi connectivity index (χ0v) is 13.0. The quantitative estimate of drug-likeness (QED) is 0.776. The van der Waals surface area contributed by atoms with Crippen molar-refractivity contribution in [1.82, 2.24) is 20.4 Å². The summed E-state index contributed by atoms with van der Waals surface area (Å²) in [4.78, 5) is 14.3. The zero-order chi connectivity index (χ0) is 16.1. The molecule has 1 atom stereocenters. The second-order valence-electron chi connectivity index (χ2n) is 5.43. The number of anilines is 1. The molecular weight excluding hydrogens is 298 g/mol. The molecule has 0 aromatic carbocycles. The molecule has 1 aliphatic rings. The molecule has 3 N–H and O–H groups in total. The van der Waals surface area contributed by atoms with Crippen molar-refractivity contribution in [2.24, 2.45) is 0 Å². The van der Waals surface area contributed by atoms with Crippen LogP contribution in [0.15, 0.2) is 28.9 Å². The fourth-order valence-electron chi connectivity index (χ4n) is 2.62. The number of carbonyl (C=O) groups is 1. The number of nitrogens with zero attached hydrogens (tertiary/aromatic N) is 2. The Kier molecular flexibility index (Phi) is 4.94. The van der Waals surface area contributed by atoms with E-state index in [0.29, 0.717) is 25.4 Å². The highest BCUT2D eigenvalue weighted by Gasteiger charge is 2.25. The number of nitrogens with one attached hydrogen (secondary N) is 3. The van der Waals surface area contributed by atoms with Crippen molar-refractivity contribution in [3.63, 3.8) is 0 Å². The minimum Gasteiger partial charge on any atom is -0.465 e. The molecule has 0 bridgehead atoms. The largest absolute Gasteiger partial charge is 0.465 e. The number of morpholine rings is 1. The molecule has 0 aliphatic carbocycles. The van der Waals surface area contributed by atoms with Crippen molar-refractivity contribution in [3.05, 3.63) is 36.0 Å². The van der Waals surface area contributed by atoms with Gasteiger partial charge >= 0.3 is 6.03 Å². The SMILES string of the molecule is Cc1ccc([C@@H](CNC(=O)Nc2cn[nH]c2)N2CCOCC2)o1. The first-order chi connectivity index (χ1) is 11.2. The fourth-order valence-corrected chi connectivity index (χ4v) is 2.62. The molecule has 1 fully saturated rings. The van der Waals surface area contributed by atoms with Crippen molar-refractivity contribution in [2.75, 3.05) is 38.2 Å². The van der Waals surface area contributed by atoms with E-state index in [0.717, 1.165) is 24.6 Å². The van der Waals surface area contributed by atoms with Gasteiger partial charge < -0.3 is 19.8 Å². The van der Waals surface area contributed by atoms with Crippen LogP contribution in [0.5, 0.6) is 0 Å². The first-order valence-electron chi connectivity index (χ1n) is 7.64. The highest BCUT2D eigenvalue weighted by Crippen LogP contribution is 2.23. The van der Waals surface area contributed by atoms with Gasteiger partial charge in [0.25, 0.3) is 0 Å². The summed E-state index contributed by atoms with van der Waals surface area (Å²) in [5.74, 6) is 1.72. The maximum atomic E-state index is 12.0. The topological polar surface area (TPSA) is 95.4 Å². The number of aromatic nitrogens is 2. The summed E-state index contributed by atoms with van der Waals surface area (Å²) in [6.45, 7) is 5.38. The van der Waals surface area contributed by atoms with E-state index in [1.54, 1.807) is 12.4 Å². The minimum atomic E-state index is -0.270. The lowest BCUT2D eigenvalue weighted by molar-refractivity contribution is 0.0122. The highest BCUT2D eigenvalue weighted by molar-refractivity contribution is 5.88. The van der Waals surface area contributed by atoms with Gasteiger partial charge in [0.05, 0.1) is 31.1 Å². The Hall–Kier alpha value is -2.32. The van der Waals surface area contributed by atoms with Crippen LogP contribution in [0.4, 0.5) is 10.5 Å². The van der Waals surface area contributed by atoms with E-state index in [4.69, 9.17) is 9.15 Å². The number of hydrogen-bond donors (Lipinski definition) is 3. The molecular formula is C15H21N5O3. The first-order valence-corrected chi connectivity index (χ1v) is 7.64. The lowest BCUT2D eigenvalue weighted by atomic mass is 10.1. The molecule has 2 aromatic rings. The Labute approximate surface area is 134 Å². The van der Waals surface area contributed by atoms with E-state index < -0.39 is 0 Å². The smallest absolute Gasteiger partial charge is 0.319 e. The van der Waals surface area contributed by atoms with Crippen molar-refractivity contribution >= 4 is 11.7 Å². The third-order valence-corrected chi connectivity index (χ3v) is 3.79. The fraction of sp³-hybridized carbons (Fsp3) is 0.467. The Morgan fingerprint density at radius 2 is 2.26 bits per heavy atom. The lowest BCUT2D eigenvalue weighted by Gasteiger charge is -2.33. The second-order valence-corrected chi connectivity index (χ2v) is 5.43. The van der Waals surface area contributed by atoms with Crippen LogP contribution < -0.4 is 10.6 Å². The summed E-state index contributed by atoms with van der Waals surface area (Å²) < 4.78 is 11.2. The summed E-state index contributed by atoms with van der Waals surface area (Å²) in [7, 11) is 0. The number of H-pyrrole nitrogens is 1. The monoisotopic (exact) mass is 319 g/mol. The maximum absolute atomic E-state index is 12.0. The average molecular weight is 319 g/mol. The summed E-state index contributed by atoms with van der Waals surface area (Å²) in [6, 6.07) is 3.62. The van der Waals surface area contributed by atoms with Gasteiger partial charge in [0.2, 0.25) is 0 Å². The predicted octanol–water partition coefficient (Wildman–Crippen LogP) is 1.51. The standard InChI is InChI=1S/C15H21N5O3/c1-11-2-3-14(23-11)13(20-4-6-22-7-5-20)10-16-15(21)19-12-8-17-18-9-12/h2-3,8-9,13H,4-7,10H2,1H3,(H,17,18)(H2,16,19,21)/t13-/m1/s1. The number of ether oxygens (including phenoxy) is 1. The first kappa shape index (κ1) is 15.6. The lowest BCUT2D eigenvalue weighted by Crippen LogP contribution is -2.44. The van der Waals surface area contributed by atoms with Gasteiger partial charge in [0, 0.05) is 25.8 Å². The van der Waals surface area contributed by atoms with Crippen LogP contribution in [0.2, 0.25) is 0 Å². The van der Waals surface area contributed by atoms with E-state index in [-0.39, 0.29) is 12.1 Å². The van der Waals surface area contributed by atoms with Gasteiger partial charge in [-0.15, -0.1) is 0 Å². The van der Waals surface area contributed by atoms with Gasteiger partial charge in [-0.3, -0.25) is 10.00 Å². The van der Waals surface area contributed by atoms with Gasteiger partial charge in [-0.05, 0) is 19.1 Å². The summed E-state index contributed by atoms with van der Waals surface area (Å²) in [6.07, 6.45) is 3.17. The van der Waals surface area contributed by atoms with Gasteiger partial charge in [-0.2, -0.15) is 5.10 Å². The number of hydrogen-bond acceptors (Lipinski definition) is 5. The average Bonchev–Trinajstić information content (AvgIpc) is 3.21. The van der Waals surface area contributed by atoms with Gasteiger partial charge in [-0.25, -0.2) is 4.79 Å². The molecule has 8 heteroatoms. The van der Waals surface area contributed by atoms with Crippen LogP contribution in [-0.2, 0) is 4.74 Å².